The summed E-state index contributed by atoms with van der Waals surface area (Å²) in [5, 5.41) is 2.88. The average Bonchev–Trinajstić information content (AvgIpc) is 2.53. The van der Waals surface area contributed by atoms with Crippen molar-refractivity contribution in [3.63, 3.8) is 0 Å². The third-order valence-electron chi connectivity index (χ3n) is 4.22. The molecule has 2 amide bonds. The van der Waals surface area contributed by atoms with Gasteiger partial charge in [-0.05, 0) is 18.4 Å². The first-order valence-corrected chi connectivity index (χ1v) is 7.57. The number of hydrogen-bond acceptors (Lipinski definition) is 4. The average molecular weight is 304 g/mol. The van der Waals surface area contributed by atoms with E-state index in [1.54, 1.807) is 4.90 Å². The number of benzene rings is 1. The number of alkyl carbamates (subject to hydrolysis) is 1. The molecule has 3 rings (SSSR count). The van der Waals surface area contributed by atoms with Gasteiger partial charge >= 0.3 is 12.2 Å². The van der Waals surface area contributed by atoms with Crippen molar-refractivity contribution in [3.8, 4) is 0 Å². The molecular formula is C16H20N2O4. The summed E-state index contributed by atoms with van der Waals surface area (Å²) in [5.74, 6) is 0. The first-order valence-electron chi connectivity index (χ1n) is 7.57. The normalized spacial score (nSPS) is 24.5. The Kier molecular flexibility index (Phi) is 4.18. The topological polar surface area (TPSA) is 67.9 Å². The third kappa shape index (κ3) is 3.32. The number of rotatable bonds is 2. The summed E-state index contributed by atoms with van der Waals surface area (Å²) >= 11 is 0. The summed E-state index contributed by atoms with van der Waals surface area (Å²) in [4.78, 5) is 25.4. The summed E-state index contributed by atoms with van der Waals surface area (Å²) in [7, 11) is 0. The zero-order chi connectivity index (χ0) is 15.4. The Morgan fingerprint density at radius 1 is 1.32 bits per heavy atom. The lowest BCUT2D eigenvalue weighted by Crippen LogP contribution is -2.62. The molecule has 6 heteroatoms. The van der Waals surface area contributed by atoms with Gasteiger partial charge in [0, 0.05) is 19.5 Å². The maximum Gasteiger partial charge on any atom is 0.410 e. The van der Waals surface area contributed by atoms with Gasteiger partial charge in [0.1, 0.15) is 6.61 Å². The van der Waals surface area contributed by atoms with Crippen molar-refractivity contribution in [2.75, 3.05) is 19.7 Å². The predicted octanol–water partition coefficient (Wildman–Crippen LogP) is 2.29. The van der Waals surface area contributed by atoms with Crippen LogP contribution in [0.3, 0.4) is 0 Å². The number of ether oxygens (including phenoxy) is 2. The lowest BCUT2D eigenvalue weighted by atomic mass is 9.85. The minimum atomic E-state index is -0.397. The van der Waals surface area contributed by atoms with Gasteiger partial charge < -0.3 is 19.7 Å². The van der Waals surface area contributed by atoms with E-state index in [0.29, 0.717) is 19.7 Å². The first kappa shape index (κ1) is 14.7. The van der Waals surface area contributed by atoms with E-state index in [4.69, 9.17) is 9.47 Å². The molecule has 118 valence electrons. The van der Waals surface area contributed by atoms with E-state index >= 15 is 0 Å². The predicted molar refractivity (Wildman–Crippen MR) is 79.3 cm³/mol. The quantitative estimate of drug-likeness (QED) is 0.910. The number of carbonyl (C=O) groups excluding carboxylic acids is 2. The molecule has 2 saturated heterocycles. The minimum absolute atomic E-state index is 0.263. The number of nitrogens with zero attached hydrogens (tertiary/aromatic N) is 1. The van der Waals surface area contributed by atoms with Crippen LogP contribution in [0.15, 0.2) is 30.3 Å². The second-order valence-electron chi connectivity index (χ2n) is 5.86. The Balaban J connectivity index is 1.57. The third-order valence-corrected chi connectivity index (χ3v) is 4.22. The summed E-state index contributed by atoms with van der Waals surface area (Å²) in [5.41, 5.74) is 0.598. The molecule has 1 aromatic rings. The highest BCUT2D eigenvalue weighted by Crippen LogP contribution is 2.27. The molecule has 1 aromatic carbocycles. The Labute approximate surface area is 129 Å². The first-order chi connectivity index (χ1) is 10.7. The Hall–Kier alpha value is -2.24. The number of carbonyl (C=O) groups is 2. The van der Waals surface area contributed by atoms with Gasteiger partial charge in [0.05, 0.1) is 12.1 Å². The molecule has 2 heterocycles. The van der Waals surface area contributed by atoms with E-state index in [9.17, 15) is 9.59 Å². The van der Waals surface area contributed by atoms with Crippen molar-refractivity contribution in [1.82, 2.24) is 10.2 Å². The lowest BCUT2D eigenvalue weighted by Gasteiger charge is -2.44. The van der Waals surface area contributed by atoms with Crippen LogP contribution in [0.5, 0.6) is 0 Å². The second-order valence-corrected chi connectivity index (χ2v) is 5.86. The summed E-state index contributed by atoms with van der Waals surface area (Å²) < 4.78 is 10.3. The van der Waals surface area contributed by atoms with Gasteiger partial charge in [0.25, 0.3) is 0 Å². The summed E-state index contributed by atoms with van der Waals surface area (Å²) in [6, 6.07) is 9.59. The van der Waals surface area contributed by atoms with Crippen molar-refractivity contribution in [2.24, 2.45) is 0 Å². The molecule has 2 fully saturated rings. The van der Waals surface area contributed by atoms with E-state index in [0.717, 1.165) is 24.8 Å². The van der Waals surface area contributed by atoms with Crippen LogP contribution >= 0.6 is 0 Å². The van der Waals surface area contributed by atoms with Crippen molar-refractivity contribution in [3.05, 3.63) is 35.9 Å². The molecule has 2 aliphatic heterocycles. The lowest BCUT2D eigenvalue weighted by molar-refractivity contribution is 0.0339. The molecule has 2 aliphatic rings. The van der Waals surface area contributed by atoms with Gasteiger partial charge in [-0.15, -0.1) is 0 Å². The molecule has 1 unspecified atom stereocenters. The standard InChI is InChI=1S/C16H20N2O4/c19-14-17-16(8-10-21-14)7-4-9-18(12-16)15(20)22-11-13-5-2-1-3-6-13/h1-3,5-6H,4,7-12H2,(H,17,19). The maximum atomic E-state index is 12.2. The highest BCUT2D eigenvalue weighted by atomic mass is 16.6. The molecular weight excluding hydrogens is 284 g/mol. The number of hydrogen-bond donors (Lipinski definition) is 1. The van der Waals surface area contributed by atoms with Crippen LogP contribution in [-0.2, 0) is 16.1 Å². The fraction of sp³-hybridized carbons (Fsp3) is 0.500. The SMILES string of the molecule is O=C1NC2(CCCN(C(=O)OCc3ccccc3)C2)CCO1. The largest absolute Gasteiger partial charge is 0.449 e. The second kappa shape index (κ2) is 6.25. The van der Waals surface area contributed by atoms with E-state index in [2.05, 4.69) is 5.32 Å². The molecule has 1 atom stereocenters. The maximum absolute atomic E-state index is 12.2. The van der Waals surface area contributed by atoms with Crippen LogP contribution in [0.4, 0.5) is 9.59 Å². The zero-order valence-corrected chi connectivity index (χ0v) is 12.4. The number of likely N-dealkylation sites (tertiary alicyclic amines) is 1. The molecule has 0 bridgehead atoms. The smallest absolute Gasteiger partial charge is 0.410 e. The monoisotopic (exact) mass is 304 g/mol. The Morgan fingerprint density at radius 2 is 2.14 bits per heavy atom. The fourth-order valence-electron chi connectivity index (χ4n) is 3.06. The molecule has 0 aliphatic carbocycles. The number of cyclic esters (lactones) is 1. The van der Waals surface area contributed by atoms with Crippen LogP contribution in [0.2, 0.25) is 0 Å². The van der Waals surface area contributed by atoms with Crippen LogP contribution in [-0.4, -0.2) is 42.3 Å². The summed E-state index contributed by atoms with van der Waals surface area (Å²) in [6.07, 6.45) is 1.71. The van der Waals surface area contributed by atoms with Gasteiger partial charge in [0.15, 0.2) is 0 Å². The molecule has 0 aromatic heterocycles. The van der Waals surface area contributed by atoms with Crippen LogP contribution in [0.1, 0.15) is 24.8 Å². The minimum Gasteiger partial charge on any atom is -0.449 e. The van der Waals surface area contributed by atoms with Gasteiger partial charge in [-0.25, -0.2) is 9.59 Å². The Morgan fingerprint density at radius 3 is 2.91 bits per heavy atom. The van der Waals surface area contributed by atoms with E-state index in [1.807, 2.05) is 30.3 Å². The molecule has 0 radical (unpaired) electrons. The van der Waals surface area contributed by atoms with E-state index in [-0.39, 0.29) is 18.2 Å². The van der Waals surface area contributed by atoms with Crippen LogP contribution in [0.25, 0.3) is 0 Å². The highest BCUT2D eigenvalue weighted by Gasteiger charge is 2.41. The zero-order valence-electron chi connectivity index (χ0n) is 12.4. The van der Waals surface area contributed by atoms with Crippen molar-refractivity contribution in [1.29, 1.82) is 0 Å². The van der Waals surface area contributed by atoms with Crippen molar-refractivity contribution in [2.45, 2.75) is 31.4 Å². The molecule has 1 spiro atoms. The van der Waals surface area contributed by atoms with Gasteiger partial charge in [-0.3, -0.25) is 0 Å². The molecule has 1 N–H and O–H groups in total. The van der Waals surface area contributed by atoms with E-state index < -0.39 is 6.09 Å². The molecule has 22 heavy (non-hydrogen) atoms. The van der Waals surface area contributed by atoms with Crippen molar-refractivity contribution >= 4 is 12.2 Å². The molecule has 6 nitrogen and oxygen atoms in total. The Bertz CT molecular complexity index is 544. The van der Waals surface area contributed by atoms with Gasteiger partial charge in [-0.2, -0.15) is 0 Å². The van der Waals surface area contributed by atoms with E-state index in [1.165, 1.54) is 0 Å². The van der Waals surface area contributed by atoms with Gasteiger partial charge in [0.2, 0.25) is 0 Å². The fourth-order valence-corrected chi connectivity index (χ4v) is 3.06. The van der Waals surface area contributed by atoms with Crippen LogP contribution < -0.4 is 5.32 Å². The van der Waals surface area contributed by atoms with Gasteiger partial charge in [-0.1, -0.05) is 30.3 Å². The highest BCUT2D eigenvalue weighted by molar-refractivity contribution is 5.71. The summed E-state index contributed by atoms with van der Waals surface area (Å²) in [6.45, 7) is 1.80. The molecule has 0 saturated carbocycles. The van der Waals surface area contributed by atoms with Crippen LogP contribution in [0, 0.1) is 0 Å². The number of nitrogens with one attached hydrogen (secondary N) is 1. The number of amides is 2. The number of piperidine rings is 1. The van der Waals surface area contributed by atoms with Crippen molar-refractivity contribution < 1.29 is 19.1 Å².